The van der Waals surface area contributed by atoms with E-state index in [-0.39, 0.29) is 16.6 Å². The topological polar surface area (TPSA) is 74.6 Å². The summed E-state index contributed by atoms with van der Waals surface area (Å²) in [5.74, 6) is -2.24. The number of rotatable bonds is 2. The maximum absolute atomic E-state index is 11.0. The smallest absolute Gasteiger partial charge is 0.336 e. The first kappa shape index (κ1) is 9.96. The molecule has 0 aliphatic heterocycles. The number of aliphatic carboxylic acids is 2. The average molecular weight is 208 g/mol. The molecule has 1 fully saturated rings. The Labute approximate surface area is 86.9 Å². The van der Waals surface area contributed by atoms with Crippen molar-refractivity contribution in [2.75, 3.05) is 0 Å². The van der Waals surface area contributed by atoms with Gasteiger partial charge in [0, 0.05) is 5.41 Å². The van der Waals surface area contributed by atoms with Crippen molar-refractivity contribution >= 4 is 11.9 Å². The summed E-state index contributed by atoms with van der Waals surface area (Å²) in [6, 6.07) is 0. The largest absolute Gasteiger partial charge is 0.478 e. The zero-order valence-electron chi connectivity index (χ0n) is 8.63. The summed E-state index contributed by atoms with van der Waals surface area (Å²) in [5, 5.41) is 18.1. The van der Waals surface area contributed by atoms with Crippen LogP contribution in [0.1, 0.15) is 26.7 Å². The van der Waals surface area contributed by atoms with Gasteiger partial charge in [0.05, 0.1) is 11.1 Å². The van der Waals surface area contributed by atoms with E-state index in [4.69, 9.17) is 10.2 Å². The van der Waals surface area contributed by atoms with Crippen molar-refractivity contribution in [3.8, 4) is 0 Å². The summed E-state index contributed by atoms with van der Waals surface area (Å²) >= 11 is 0. The number of carbonyl (C=O) groups is 2. The second kappa shape index (κ2) is 2.72. The van der Waals surface area contributed by atoms with Crippen LogP contribution < -0.4 is 0 Å². The summed E-state index contributed by atoms with van der Waals surface area (Å²) in [7, 11) is 0. The van der Waals surface area contributed by atoms with Gasteiger partial charge in [0.2, 0.25) is 0 Å². The number of fused-ring (bicyclic) bond motifs is 2. The van der Waals surface area contributed by atoms with Gasteiger partial charge in [-0.3, -0.25) is 0 Å². The van der Waals surface area contributed by atoms with Gasteiger partial charge in [0.1, 0.15) is 0 Å². The third-order valence-corrected chi connectivity index (χ3v) is 3.42. The molecule has 0 radical (unpaired) electrons. The lowest BCUT2D eigenvalue weighted by Crippen LogP contribution is -2.13. The minimum absolute atomic E-state index is 0.0220. The Morgan fingerprint density at radius 1 is 1.00 bits per heavy atom. The fourth-order valence-corrected chi connectivity index (χ4v) is 2.71. The molecule has 0 spiro atoms. The predicted molar refractivity (Wildman–Crippen MR) is 52.3 cm³/mol. The van der Waals surface area contributed by atoms with E-state index < -0.39 is 11.9 Å². The molecule has 0 amide bonds. The van der Waals surface area contributed by atoms with Gasteiger partial charge in [-0.05, 0) is 24.0 Å². The van der Waals surface area contributed by atoms with E-state index in [0.717, 1.165) is 11.1 Å². The lowest BCUT2D eigenvalue weighted by atomic mass is 9.86. The Balaban J connectivity index is 2.69. The zero-order chi connectivity index (χ0) is 11.4. The number of hydrogen-bond acceptors (Lipinski definition) is 2. The minimum atomic E-state index is -1.12. The van der Waals surface area contributed by atoms with Crippen molar-refractivity contribution in [1.29, 1.82) is 0 Å². The van der Waals surface area contributed by atoms with E-state index in [1.54, 1.807) is 0 Å². The summed E-state index contributed by atoms with van der Waals surface area (Å²) in [5.41, 5.74) is 1.20. The lowest BCUT2D eigenvalue weighted by molar-refractivity contribution is -0.136. The Kier molecular flexibility index (Phi) is 1.80. The van der Waals surface area contributed by atoms with Gasteiger partial charge in [0.15, 0.2) is 0 Å². The van der Waals surface area contributed by atoms with Gasteiger partial charge < -0.3 is 10.2 Å². The average Bonchev–Trinajstić information content (AvgIpc) is 2.52. The summed E-state index contributed by atoms with van der Waals surface area (Å²) < 4.78 is 0. The van der Waals surface area contributed by atoms with Gasteiger partial charge in [0.25, 0.3) is 0 Å². The molecule has 0 aromatic carbocycles. The van der Waals surface area contributed by atoms with Crippen LogP contribution in [-0.2, 0) is 9.59 Å². The highest BCUT2D eigenvalue weighted by atomic mass is 16.4. The van der Waals surface area contributed by atoms with Gasteiger partial charge in [-0.1, -0.05) is 13.8 Å². The number of carboxylic acid groups (broad SMARTS) is 2. The molecule has 0 unspecified atom stereocenters. The zero-order valence-corrected chi connectivity index (χ0v) is 8.63. The van der Waals surface area contributed by atoms with E-state index in [9.17, 15) is 9.59 Å². The Morgan fingerprint density at radius 2 is 1.33 bits per heavy atom. The van der Waals surface area contributed by atoms with Crippen LogP contribution in [0.15, 0.2) is 22.3 Å². The molecule has 0 aromatic rings. The molecule has 80 valence electrons. The Morgan fingerprint density at radius 3 is 1.60 bits per heavy atom. The summed E-state index contributed by atoms with van der Waals surface area (Å²) in [4.78, 5) is 22.1. The monoisotopic (exact) mass is 208 g/mol. The molecule has 2 N–H and O–H groups in total. The van der Waals surface area contributed by atoms with Crippen LogP contribution in [0.2, 0.25) is 0 Å². The summed E-state index contributed by atoms with van der Waals surface area (Å²) in [6.07, 6.45) is 1.36. The third kappa shape index (κ3) is 1.07. The van der Waals surface area contributed by atoms with E-state index in [1.807, 2.05) is 13.8 Å². The standard InChI is InChI=1S/C11H12O4/c1-11(2)5-3-4-6(11)8(10(14)15)7(5)9(12)13/h3-4H2,1-2H3,(H,12,13)(H,14,15). The highest BCUT2D eigenvalue weighted by Gasteiger charge is 2.48. The SMILES string of the molecule is CC1(C)C2=C(C(=O)O)C(C(=O)O)=C1CC2. The Bertz CT molecular complexity index is 398. The van der Waals surface area contributed by atoms with Gasteiger partial charge in [-0.15, -0.1) is 0 Å². The second-order valence-electron chi connectivity index (χ2n) is 4.44. The van der Waals surface area contributed by atoms with Gasteiger partial charge in [-0.2, -0.15) is 0 Å². The molecule has 1 saturated carbocycles. The number of hydrogen-bond donors (Lipinski definition) is 2. The van der Waals surface area contributed by atoms with Gasteiger partial charge in [-0.25, -0.2) is 9.59 Å². The van der Waals surface area contributed by atoms with Crippen LogP contribution in [0.25, 0.3) is 0 Å². The quantitative estimate of drug-likeness (QED) is 0.722. The van der Waals surface area contributed by atoms with Crippen LogP contribution in [0.4, 0.5) is 0 Å². The first-order valence-electron chi connectivity index (χ1n) is 4.81. The highest BCUT2D eigenvalue weighted by molar-refractivity contribution is 6.09. The lowest BCUT2D eigenvalue weighted by Gasteiger charge is -2.17. The van der Waals surface area contributed by atoms with Gasteiger partial charge >= 0.3 is 11.9 Å². The highest BCUT2D eigenvalue weighted by Crippen LogP contribution is 2.56. The van der Waals surface area contributed by atoms with Crippen LogP contribution >= 0.6 is 0 Å². The fourth-order valence-electron chi connectivity index (χ4n) is 2.71. The third-order valence-electron chi connectivity index (χ3n) is 3.42. The molecule has 4 nitrogen and oxygen atoms in total. The van der Waals surface area contributed by atoms with E-state index in [2.05, 4.69) is 0 Å². The molecular formula is C11H12O4. The fraction of sp³-hybridized carbons (Fsp3) is 0.455. The maximum atomic E-state index is 11.0. The summed E-state index contributed by atoms with van der Waals surface area (Å²) in [6.45, 7) is 3.78. The molecule has 2 aliphatic carbocycles. The first-order chi connectivity index (χ1) is 6.87. The minimum Gasteiger partial charge on any atom is -0.478 e. The van der Waals surface area contributed by atoms with Crippen molar-refractivity contribution in [3.63, 3.8) is 0 Å². The van der Waals surface area contributed by atoms with Crippen LogP contribution in [0, 0.1) is 5.41 Å². The number of carboxylic acids is 2. The van der Waals surface area contributed by atoms with Crippen molar-refractivity contribution in [1.82, 2.24) is 0 Å². The Hall–Kier alpha value is -1.58. The van der Waals surface area contributed by atoms with Crippen molar-refractivity contribution in [3.05, 3.63) is 22.3 Å². The van der Waals surface area contributed by atoms with Crippen LogP contribution in [-0.4, -0.2) is 22.2 Å². The molecule has 0 saturated heterocycles. The van der Waals surface area contributed by atoms with Crippen LogP contribution in [0.5, 0.6) is 0 Å². The molecule has 2 bridgehead atoms. The predicted octanol–water partition coefficient (Wildman–Crippen LogP) is 1.58. The molecular weight excluding hydrogens is 196 g/mol. The molecule has 0 heterocycles. The van der Waals surface area contributed by atoms with Crippen molar-refractivity contribution in [2.24, 2.45) is 5.41 Å². The van der Waals surface area contributed by atoms with Crippen molar-refractivity contribution in [2.45, 2.75) is 26.7 Å². The van der Waals surface area contributed by atoms with E-state index >= 15 is 0 Å². The molecule has 4 heteroatoms. The maximum Gasteiger partial charge on any atom is 0.336 e. The second-order valence-corrected chi connectivity index (χ2v) is 4.44. The van der Waals surface area contributed by atoms with E-state index in [0.29, 0.717) is 12.8 Å². The van der Waals surface area contributed by atoms with Crippen LogP contribution in [0.3, 0.4) is 0 Å². The molecule has 2 rings (SSSR count). The molecule has 0 atom stereocenters. The molecule has 0 aromatic heterocycles. The number of allylic oxidation sites excluding steroid dienone is 2. The van der Waals surface area contributed by atoms with E-state index in [1.165, 1.54) is 0 Å². The van der Waals surface area contributed by atoms with Crippen molar-refractivity contribution < 1.29 is 19.8 Å². The molecule has 2 aliphatic rings. The normalized spacial score (nSPS) is 22.5. The first-order valence-corrected chi connectivity index (χ1v) is 4.81. The molecule has 15 heavy (non-hydrogen) atoms.